The Morgan fingerprint density at radius 1 is 1.31 bits per heavy atom. The van der Waals surface area contributed by atoms with E-state index >= 15 is 0 Å². The molecular formula is C12H18IN3. The SMILES string of the molecule is CN=C(NCc1ccccc1)NC1CC1.I. The summed E-state index contributed by atoms with van der Waals surface area (Å²) in [5.41, 5.74) is 1.27. The van der Waals surface area contributed by atoms with Crippen LogP contribution in [0.15, 0.2) is 35.3 Å². The fraction of sp³-hybridized carbons (Fsp3) is 0.417. The zero-order valence-electron chi connectivity index (χ0n) is 9.44. The molecule has 0 unspecified atom stereocenters. The van der Waals surface area contributed by atoms with Crippen molar-refractivity contribution < 1.29 is 0 Å². The Kier molecular flexibility index (Phi) is 5.59. The highest BCUT2D eigenvalue weighted by Crippen LogP contribution is 2.18. The van der Waals surface area contributed by atoms with Crippen LogP contribution in [0, 0.1) is 0 Å². The number of aliphatic imine (C=N–C) groups is 1. The predicted octanol–water partition coefficient (Wildman–Crippen LogP) is 2.13. The first-order valence-corrected chi connectivity index (χ1v) is 5.39. The van der Waals surface area contributed by atoms with Gasteiger partial charge < -0.3 is 10.6 Å². The van der Waals surface area contributed by atoms with E-state index in [4.69, 9.17) is 0 Å². The molecule has 1 aliphatic rings. The largest absolute Gasteiger partial charge is 0.354 e. The van der Waals surface area contributed by atoms with Crippen molar-refractivity contribution in [3.63, 3.8) is 0 Å². The monoisotopic (exact) mass is 331 g/mol. The summed E-state index contributed by atoms with van der Waals surface area (Å²) in [6.45, 7) is 0.827. The van der Waals surface area contributed by atoms with Crippen molar-refractivity contribution in [1.82, 2.24) is 10.6 Å². The van der Waals surface area contributed by atoms with Gasteiger partial charge in [-0.2, -0.15) is 0 Å². The van der Waals surface area contributed by atoms with Crippen LogP contribution in [0.3, 0.4) is 0 Å². The smallest absolute Gasteiger partial charge is 0.191 e. The summed E-state index contributed by atoms with van der Waals surface area (Å²) >= 11 is 0. The molecule has 2 rings (SSSR count). The molecule has 1 aliphatic carbocycles. The second-order valence-corrected chi connectivity index (χ2v) is 3.83. The average molecular weight is 331 g/mol. The summed E-state index contributed by atoms with van der Waals surface area (Å²) < 4.78 is 0. The van der Waals surface area contributed by atoms with E-state index in [0.717, 1.165) is 12.5 Å². The van der Waals surface area contributed by atoms with Crippen LogP contribution in [0.4, 0.5) is 0 Å². The van der Waals surface area contributed by atoms with Gasteiger partial charge in [0.2, 0.25) is 0 Å². The second kappa shape index (κ2) is 6.73. The average Bonchev–Trinajstić information content (AvgIpc) is 3.09. The Morgan fingerprint density at radius 3 is 2.56 bits per heavy atom. The van der Waals surface area contributed by atoms with Gasteiger partial charge in [0.25, 0.3) is 0 Å². The molecule has 0 radical (unpaired) electrons. The van der Waals surface area contributed by atoms with E-state index in [0.29, 0.717) is 6.04 Å². The Hall–Kier alpha value is -0.780. The van der Waals surface area contributed by atoms with E-state index in [-0.39, 0.29) is 24.0 Å². The van der Waals surface area contributed by atoms with E-state index in [9.17, 15) is 0 Å². The van der Waals surface area contributed by atoms with Gasteiger partial charge in [0.05, 0.1) is 0 Å². The van der Waals surface area contributed by atoms with Crippen LogP contribution in [0.1, 0.15) is 18.4 Å². The molecule has 4 heteroatoms. The molecule has 0 heterocycles. The number of hydrogen-bond donors (Lipinski definition) is 2. The van der Waals surface area contributed by atoms with Crippen LogP contribution in [-0.4, -0.2) is 19.0 Å². The van der Waals surface area contributed by atoms with E-state index < -0.39 is 0 Å². The van der Waals surface area contributed by atoms with Gasteiger partial charge in [-0.1, -0.05) is 30.3 Å². The third-order valence-corrected chi connectivity index (χ3v) is 2.44. The zero-order chi connectivity index (χ0) is 10.5. The zero-order valence-corrected chi connectivity index (χ0v) is 11.8. The van der Waals surface area contributed by atoms with Gasteiger partial charge in [0, 0.05) is 19.6 Å². The number of nitrogens with zero attached hydrogens (tertiary/aromatic N) is 1. The molecule has 1 saturated carbocycles. The maximum Gasteiger partial charge on any atom is 0.191 e. The van der Waals surface area contributed by atoms with Crippen LogP contribution >= 0.6 is 24.0 Å². The molecule has 3 nitrogen and oxygen atoms in total. The summed E-state index contributed by atoms with van der Waals surface area (Å²) in [5.74, 6) is 0.904. The number of rotatable bonds is 3. The molecule has 0 amide bonds. The van der Waals surface area contributed by atoms with Gasteiger partial charge >= 0.3 is 0 Å². The van der Waals surface area contributed by atoms with Gasteiger partial charge in [-0.25, -0.2) is 0 Å². The van der Waals surface area contributed by atoms with Crippen molar-refractivity contribution in [2.24, 2.45) is 4.99 Å². The van der Waals surface area contributed by atoms with E-state index in [1.165, 1.54) is 18.4 Å². The fourth-order valence-corrected chi connectivity index (χ4v) is 1.40. The van der Waals surface area contributed by atoms with Crippen molar-refractivity contribution in [3.8, 4) is 0 Å². The molecule has 0 bridgehead atoms. The minimum Gasteiger partial charge on any atom is -0.354 e. The first-order chi connectivity index (χ1) is 7.38. The molecule has 1 fully saturated rings. The summed E-state index contributed by atoms with van der Waals surface area (Å²) in [5, 5.41) is 6.65. The first-order valence-electron chi connectivity index (χ1n) is 5.39. The van der Waals surface area contributed by atoms with E-state index in [2.05, 4.69) is 27.8 Å². The number of benzene rings is 1. The lowest BCUT2D eigenvalue weighted by Gasteiger charge is -2.10. The van der Waals surface area contributed by atoms with Gasteiger partial charge in [-0.15, -0.1) is 24.0 Å². The summed E-state index contributed by atoms with van der Waals surface area (Å²) in [6.07, 6.45) is 2.54. The maximum absolute atomic E-state index is 4.18. The Bertz CT molecular complexity index is 333. The maximum atomic E-state index is 4.18. The van der Waals surface area contributed by atoms with Gasteiger partial charge in [-0.05, 0) is 18.4 Å². The highest BCUT2D eigenvalue weighted by Gasteiger charge is 2.21. The molecule has 2 N–H and O–H groups in total. The number of hydrogen-bond acceptors (Lipinski definition) is 1. The second-order valence-electron chi connectivity index (χ2n) is 3.83. The highest BCUT2D eigenvalue weighted by atomic mass is 127. The Labute approximate surface area is 114 Å². The van der Waals surface area contributed by atoms with Crippen molar-refractivity contribution in [2.75, 3.05) is 7.05 Å². The summed E-state index contributed by atoms with van der Waals surface area (Å²) in [4.78, 5) is 4.18. The van der Waals surface area contributed by atoms with Gasteiger partial charge in [0.15, 0.2) is 5.96 Å². The van der Waals surface area contributed by atoms with Gasteiger partial charge in [-0.3, -0.25) is 4.99 Å². The van der Waals surface area contributed by atoms with E-state index in [1.54, 1.807) is 0 Å². The fourth-order valence-electron chi connectivity index (χ4n) is 1.40. The third kappa shape index (κ3) is 4.38. The lowest BCUT2D eigenvalue weighted by atomic mass is 10.2. The Morgan fingerprint density at radius 2 is 2.00 bits per heavy atom. The predicted molar refractivity (Wildman–Crippen MR) is 78.2 cm³/mol. The van der Waals surface area contributed by atoms with Crippen LogP contribution in [-0.2, 0) is 6.54 Å². The highest BCUT2D eigenvalue weighted by molar-refractivity contribution is 14.0. The third-order valence-electron chi connectivity index (χ3n) is 2.44. The standard InChI is InChI=1S/C12H17N3.HI/c1-13-12(15-11-7-8-11)14-9-10-5-3-2-4-6-10;/h2-6,11H,7-9H2,1H3,(H2,13,14,15);1H. The van der Waals surface area contributed by atoms with Crippen LogP contribution < -0.4 is 10.6 Å². The summed E-state index contributed by atoms with van der Waals surface area (Å²) in [6, 6.07) is 11.0. The first kappa shape index (κ1) is 13.3. The molecule has 0 atom stereocenters. The molecule has 16 heavy (non-hydrogen) atoms. The summed E-state index contributed by atoms with van der Waals surface area (Å²) in [7, 11) is 1.81. The number of nitrogens with one attached hydrogen (secondary N) is 2. The lowest BCUT2D eigenvalue weighted by Crippen LogP contribution is -2.37. The number of guanidine groups is 1. The topological polar surface area (TPSA) is 36.4 Å². The van der Waals surface area contributed by atoms with E-state index in [1.807, 2.05) is 25.2 Å². The van der Waals surface area contributed by atoms with Gasteiger partial charge in [0.1, 0.15) is 0 Å². The number of halogens is 1. The quantitative estimate of drug-likeness (QED) is 0.506. The Balaban J connectivity index is 0.00000128. The van der Waals surface area contributed by atoms with Crippen LogP contribution in [0.2, 0.25) is 0 Å². The van der Waals surface area contributed by atoms with Crippen molar-refractivity contribution in [3.05, 3.63) is 35.9 Å². The minimum atomic E-state index is 0. The molecular weight excluding hydrogens is 313 g/mol. The van der Waals surface area contributed by atoms with Crippen LogP contribution in [0.25, 0.3) is 0 Å². The molecule has 0 saturated heterocycles. The minimum absolute atomic E-state index is 0. The van der Waals surface area contributed by atoms with Crippen molar-refractivity contribution >= 4 is 29.9 Å². The molecule has 88 valence electrons. The van der Waals surface area contributed by atoms with Crippen molar-refractivity contribution in [2.45, 2.75) is 25.4 Å². The molecule has 0 aromatic heterocycles. The lowest BCUT2D eigenvalue weighted by molar-refractivity contribution is 0.805. The van der Waals surface area contributed by atoms with Crippen LogP contribution in [0.5, 0.6) is 0 Å². The normalized spacial score (nSPS) is 15.2. The molecule has 1 aromatic carbocycles. The van der Waals surface area contributed by atoms with Crippen molar-refractivity contribution in [1.29, 1.82) is 0 Å². The molecule has 0 spiro atoms. The molecule has 0 aliphatic heterocycles. The molecule has 1 aromatic rings.